The first-order valence-electron chi connectivity index (χ1n) is 4.62. The highest BCUT2D eigenvalue weighted by Crippen LogP contribution is 2.35. The van der Waals surface area contributed by atoms with Crippen LogP contribution in [0.5, 0.6) is 0 Å². The maximum Gasteiger partial charge on any atom is 0.106 e. The van der Waals surface area contributed by atoms with Gasteiger partial charge in [-0.1, -0.05) is 18.9 Å². The lowest BCUT2D eigenvalue weighted by molar-refractivity contribution is 0.460. The Bertz CT molecular complexity index is 288. The SMILES string of the molecule is NC1(c2ccc(Br)nc2)CCCC1. The van der Waals surface area contributed by atoms with Gasteiger partial charge in [0.1, 0.15) is 4.60 Å². The van der Waals surface area contributed by atoms with Gasteiger partial charge in [-0.2, -0.15) is 0 Å². The van der Waals surface area contributed by atoms with E-state index in [0.29, 0.717) is 0 Å². The van der Waals surface area contributed by atoms with Gasteiger partial charge in [0, 0.05) is 11.7 Å². The van der Waals surface area contributed by atoms with Crippen molar-refractivity contribution in [3.05, 3.63) is 28.5 Å². The second-order valence-corrected chi connectivity index (χ2v) is 4.55. The number of hydrogen-bond donors (Lipinski definition) is 1. The molecule has 0 saturated heterocycles. The van der Waals surface area contributed by atoms with E-state index < -0.39 is 0 Å². The Labute approximate surface area is 86.7 Å². The molecule has 1 fully saturated rings. The van der Waals surface area contributed by atoms with Gasteiger partial charge < -0.3 is 5.73 Å². The number of nitrogens with two attached hydrogens (primary N) is 1. The average molecular weight is 241 g/mol. The molecule has 0 radical (unpaired) electrons. The van der Waals surface area contributed by atoms with Crippen LogP contribution in [-0.2, 0) is 5.54 Å². The standard InChI is InChI=1S/C10H13BrN2/c11-9-4-3-8(7-13-9)10(12)5-1-2-6-10/h3-4,7H,1-2,5-6,12H2. The summed E-state index contributed by atoms with van der Waals surface area (Å²) in [6.07, 6.45) is 6.56. The molecule has 0 unspecified atom stereocenters. The first-order chi connectivity index (χ1) is 6.21. The zero-order valence-corrected chi connectivity index (χ0v) is 9.05. The Morgan fingerprint density at radius 2 is 2.00 bits per heavy atom. The number of hydrogen-bond acceptors (Lipinski definition) is 2. The van der Waals surface area contributed by atoms with Crippen molar-refractivity contribution in [2.45, 2.75) is 31.2 Å². The molecule has 70 valence electrons. The van der Waals surface area contributed by atoms with Crippen molar-refractivity contribution in [1.29, 1.82) is 0 Å². The summed E-state index contributed by atoms with van der Waals surface area (Å²) in [4.78, 5) is 4.21. The largest absolute Gasteiger partial charge is 0.321 e. The van der Waals surface area contributed by atoms with Crippen LogP contribution in [0.4, 0.5) is 0 Å². The molecular weight excluding hydrogens is 228 g/mol. The monoisotopic (exact) mass is 240 g/mol. The molecule has 3 heteroatoms. The fourth-order valence-corrected chi connectivity index (χ4v) is 2.20. The number of nitrogens with zero attached hydrogens (tertiary/aromatic N) is 1. The fraction of sp³-hybridized carbons (Fsp3) is 0.500. The minimum absolute atomic E-state index is 0.103. The Balaban J connectivity index is 2.29. The van der Waals surface area contributed by atoms with Crippen LogP contribution in [-0.4, -0.2) is 4.98 Å². The highest BCUT2D eigenvalue weighted by atomic mass is 79.9. The van der Waals surface area contributed by atoms with E-state index in [-0.39, 0.29) is 5.54 Å². The van der Waals surface area contributed by atoms with Crippen LogP contribution in [0.1, 0.15) is 31.2 Å². The van der Waals surface area contributed by atoms with Crippen molar-refractivity contribution in [2.24, 2.45) is 5.73 Å². The maximum atomic E-state index is 6.28. The summed E-state index contributed by atoms with van der Waals surface area (Å²) in [7, 11) is 0. The van der Waals surface area contributed by atoms with Gasteiger partial charge >= 0.3 is 0 Å². The summed E-state index contributed by atoms with van der Waals surface area (Å²) in [5.74, 6) is 0. The first kappa shape index (κ1) is 9.16. The predicted molar refractivity (Wildman–Crippen MR) is 56.3 cm³/mol. The Morgan fingerprint density at radius 3 is 2.54 bits per heavy atom. The average Bonchev–Trinajstić information content (AvgIpc) is 2.54. The summed E-state index contributed by atoms with van der Waals surface area (Å²) in [6, 6.07) is 4.03. The summed E-state index contributed by atoms with van der Waals surface area (Å²) < 4.78 is 0.873. The van der Waals surface area contributed by atoms with Crippen LogP contribution in [0.25, 0.3) is 0 Å². The molecule has 13 heavy (non-hydrogen) atoms. The molecule has 1 aromatic rings. The van der Waals surface area contributed by atoms with Crippen LogP contribution in [0.3, 0.4) is 0 Å². The summed E-state index contributed by atoms with van der Waals surface area (Å²) in [6.45, 7) is 0. The predicted octanol–water partition coefficient (Wildman–Crippen LogP) is 2.57. The highest BCUT2D eigenvalue weighted by molar-refractivity contribution is 9.10. The number of pyridine rings is 1. The van der Waals surface area contributed by atoms with Crippen LogP contribution in [0.15, 0.2) is 22.9 Å². The van der Waals surface area contributed by atoms with Gasteiger partial charge in [-0.25, -0.2) is 4.98 Å². The Hall–Kier alpha value is -0.410. The van der Waals surface area contributed by atoms with Crippen LogP contribution in [0, 0.1) is 0 Å². The van der Waals surface area contributed by atoms with Crippen molar-refractivity contribution in [3.63, 3.8) is 0 Å². The van der Waals surface area contributed by atoms with Crippen LogP contribution >= 0.6 is 15.9 Å². The van der Waals surface area contributed by atoms with Gasteiger partial charge in [-0.05, 0) is 40.4 Å². The van der Waals surface area contributed by atoms with Crippen molar-refractivity contribution in [2.75, 3.05) is 0 Å². The van der Waals surface area contributed by atoms with E-state index in [1.807, 2.05) is 12.3 Å². The lowest BCUT2D eigenvalue weighted by atomic mass is 9.91. The lowest BCUT2D eigenvalue weighted by Crippen LogP contribution is -2.33. The Morgan fingerprint density at radius 1 is 1.31 bits per heavy atom. The molecule has 2 nitrogen and oxygen atoms in total. The lowest BCUT2D eigenvalue weighted by Gasteiger charge is -2.23. The van der Waals surface area contributed by atoms with Crippen molar-refractivity contribution in [1.82, 2.24) is 4.98 Å². The molecule has 0 spiro atoms. The summed E-state index contributed by atoms with van der Waals surface area (Å²) in [5, 5.41) is 0. The van der Waals surface area contributed by atoms with E-state index in [9.17, 15) is 0 Å². The molecule has 0 bridgehead atoms. The molecule has 1 aromatic heterocycles. The molecule has 1 saturated carbocycles. The summed E-state index contributed by atoms with van der Waals surface area (Å²) >= 11 is 3.32. The quantitative estimate of drug-likeness (QED) is 0.767. The second-order valence-electron chi connectivity index (χ2n) is 3.73. The molecule has 0 atom stereocenters. The third-order valence-corrected chi connectivity index (χ3v) is 3.27. The molecule has 1 aliphatic rings. The van der Waals surface area contributed by atoms with E-state index in [1.165, 1.54) is 18.4 Å². The normalized spacial score (nSPS) is 20.5. The molecule has 0 amide bonds. The van der Waals surface area contributed by atoms with Crippen molar-refractivity contribution < 1.29 is 0 Å². The third kappa shape index (κ3) is 1.76. The zero-order valence-electron chi connectivity index (χ0n) is 7.46. The zero-order chi connectivity index (χ0) is 9.31. The molecule has 0 aromatic carbocycles. The minimum Gasteiger partial charge on any atom is -0.321 e. The van der Waals surface area contributed by atoms with E-state index in [0.717, 1.165) is 17.4 Å². The molecule has 1 aliphatic carbocycles. The van der Waals surface area contributed by atoms with Gasteiger partial charge in [-0.3, -0.25) is 0 Å². The molecule has 1 heterocycles. The molecule has 2 N–H and O–H groups in total. The number of aromatic nitrogens is 1. The second kappa shape index (κ2) is 3.39. The van der Waals surface area contributed by atoms with Gasteiger partial charge in [-0.15, -0.1) is 0 Å². The van der Waals surface area contributed by atoms with Crippen LogP contribution in [0.2, 0.25) is 0 Å². The van der Waals surface area contributed by atoms with Crippen LogP contribution < -0.4 is 5.73 Å². The topological polar surface area (TPSA) is 38.9 Å². The summed E-state index contributed by atoms with van der Waals surface area (Å²) in [5.41, 5.74) is 7.35. The molecule has 2 rings (SSSR count). The van der Waals surface area contributed by atoms with Gasteiger partial charge in [0.25, 0.3) is 0 Å². The molecular formula is C10H13BrN2. The van der Waals surface area contributed by atoms with E-state index in [4.69, 9.17) is 5.73 Å². The highest BCUT2D eigenvalue weighted by Gasteiger charge is 2.31. The third-order valence-electron chi connectivity index (χ3n) is 2.80. The maximum absolute atomic E-state index is 6.28. The first-order valence-corrected chi connectivity index (χ1v) is 5.41. The molecule has 0 aliphatic heterocycles. The smallest absolute Gasteiger partial charge is 0.106 e. The van der Waals surface area contributed by atoms with Crippen molar-refractivity contribution in [3.8, 4) is 0 Å². The number of rotatable bonds is 1. The van der Waals surface area contributed by atoms with E-state index >= 15 is 0 Å². The minimum atomic E-state index is -0.103. The van der Waals surface area contributed by atoms with E-state index in [1.54, 1.807) is 0 Å². The number of halogens is 1. The Kier molecular flexibility index (Phi) is 2.39. The van der Waals surface area contributed by atoms with E-state index in [2.05, 4.69) is 27.0 Å². The van der Waals surface area contributed by atoms with Gasteiger partial charge in [0.05, 0.1) is 0 Å². The van der Waals surface area contributed by atoms with Gasteiger partial charge in [0.2, 0.25) is 0 Å². The van der Waals surface area contributed by atoms with Gasteiger partial charge in [0.15, 0.2) is 0 Å². The fourth-order valence-electron chi connectivity index (χ4n) is 1.96. The van der Waals surface area contributed by atoms with Crippen molar-refractivity contribution >= 4 is 15.9 Å².